The lowest BCUT2D eigenvalue weighted by atomic mass is 10.4. The van der Waals surface area contributed by atoms with E-state index in [4.69, 9.17) is 0 Å². The number of rotatable bonds is 2. The lowest BCUT2D eigenvalue weighted by Gasteiger charge is -2.10. The van der Waals surface area contributed by atoms with Gasteiger partial charge < -0.3 is 9.80 Å². The average molecular weight is 250 g/mol. The second-order valence-electron chi connectivity index (χ2n) is 4.47. The van der Waals surface area contributed by atoms with E-state index in [1.807, 2.05) is 9.80 Å². The summed E-state index contributed by atoms with van der Waals surface area (Å²) in [7, 11) is 0. The van der Waals surface area contributed by atoms with Crippen molar-refractivity contribution in [3.8, 4) is 0 Å². The van der Waals surface area contributed by atoms with Crippen LogP contribution in [-0.2, 0) is 9.59 Å². The van der Waals surface area contributed by atoms with Crippen molar-refractivity contribution in [1.29, 1.82) is 0 Å². The Labute approximate surface area is 109 Å². The topological polar surface area (TPSA) is 40.6 Å². The second kappa shape index (κ2) is 7.69. The van der Waals surface area contributed by atoms with E-state index in [0.717, 1.165) is 51.9 Å². The van der Waals surface area contributed by atoms with Gasteiger partial charge in [-0.15, -0.1) is 0 Å². The Morgan fingerprint density at radius 3 is 1.22 bits per heavy atom. The fourth-order valence-corrected chi connectivity index (χ4v) is 2.13. The molecule has 2 saturated heterocycles. The smallest absolute Gasteiger partial charge is 0.245 e. The van der Waals surface area contributed by atoms with E-state index in [-0.39, 0.29) is 11.8 Å². The molecule has 18 heavy (non-hydrogen) atoms. The second-order valence-corrected chi connectivity index (χ2v) is 4.47. The molecule has 0 atom stereocenters. The molecule has 0 unspecified atom stereocenters. The van der Waals surface area contributed by atoms with E-state index in [9.17, 15) is 9.59 Å². The van der Waals surface area contributed by atoms with Crippen LogP contribution in [0.2, 0.25) is 0 Å². The molecule has 0 aromatic heterocycles. The van der Waals surface area contributed by atoms with Crippen molar-refractivity contribution in [2.24, 2.45) is 0 Å². The molecular weight excluding hydrogens is 228 g/mol. The monoisotopic (exact) mass is 250 g/mol. The number of carbonyl (C=O) groups excluding carboxylic acids is 2. The summed E-state index contributed by atoms with van der Waals surface area (Å²) in [5.74, 6) is 0.153. The van der Waals surface area contributed by atoms with Gasteiger partial charge in [-0.25, -0.2) is 0 Å². The molecule has 2 aliphatic heterocycles. The van der Waals surface area contributed by atoms with Crippen LogP contribution >= 0.6 is 0 Å². The summed E-state index contributed by atoms with van der Waals surface area (Å²) >= 11 is 0. The molecule has 4 heteroatoms. The van der Waals surface area contributed by atoms with Crippen molar-refractivity contribution < 1.29 is 9.59 Å². The molecule has 100 valence electrons. The van der Waals surface area contributed by atoms with Crippen molar-refractivity contribution in [2.75, 3.05) is 26.2 Å². The first kappa shape index (κ1) is 14.5. The summed E-state index contributed by atoms with van der Waals surface area (Å²) in [6.45, 7) is 10.5. The summed E-state index contributed by atoms with van der Waals surface area (Å²) in [6.07, 6.45) is 7.37. The fourth-order valence-electron chi connectivity index (χ4n) is 2.13. The predicted molar refractivity (Wildman–Crippen MR) is 72.0 cm³/mol. The van der Waals surface area contributed by atoms with Crippen LogP contribution < -0.4 is 0 Å². The highest BCUT2D eigenvalue weighted by molar-refractivity contribution is 5.87. The largest absolute Gasteiger partial charge is 0.339 e. The van der Waals surface area contributed by atoms with E-state index in [1.165, 1.54) is 12.2 Å². The van der Waals surface area contributed by atoms with Gasteiger partial charge in [0.05, 0.1) is 0 Å². The van der Waals surface area contributed by atoms with Crippen LogP contribution in [0.15, 0.2) is 25.3 Å². The van der Waals surface area contributed by atoms with Crippen LogP contribution in [0.25, 0.3) is 0 Å². The lowest BCUT2D eigenvalue weighted by Crippen LogP contribution is -2.25. The molecule has 0 radical (unpaired) electrons. The van der Waals surface area contributed by atoms with Gasteiger partial charge in [0.2, 0.25) is 11.8 Å². The van der Waals surface area contributed by atoms with E-state index in [1.54, 1.807) is 0 Å². The zero-order chi connectivity index (χ0) is 13.4. The molecule has 2 aliphatic rings. The molecule has 0 saturated carbocycles. The van der Waals surface area contributed by atoms with Crippen molar-refractivity contribution in [3.05, 3.63) is 25.3 Å². The molecule has 0 spiro atoms. The Bertz CT molecular complexity index is 282. The minimum Gasteiger partial charge on any atom is -0.339 e. The molecule has 0 aromatic rings. The number of amides is 2. The Kier molecular flexibility index (Phi) is 6.19. The number of hydrogen-bond donors (Lipinski definition) is 0. The predicted octanol–water partition coefficient (Wildman–Crippen LogP) is 1.59. The van der Waals surface area contributed by atoms with Gasteiger partial charge in [-0.05, 0) is 37.8 Å². The fraction of sp³-hybridized carbons (Fsp3) is 0.571. The summed E-state index contributed by atoms with van der Waals surface area (Å²) in [5, 5.41) is 0. The zero-order valence-electron chi connectivity index (χ0n) is 10.9. The molecule has 0 aliphatic carbocycles. The highest BCUT2D eigenvalue weighted by atomic mass is 16.2. The standard InChI is InChI=1S/2C7H11NO/c2*1-2-7(9)8-5-3-4-6-8/h2*2H,1,3-6H2. The van der Waals surface area contributed by atoms with Gasteiger partial charge in [-0.3, -0.25) is 9.59 Å². The van der Waals surface area contributed by atoms with E-state index < -0.39 is 0 Å². The quantitative estimate of drug-likeness (QED) is 0.698. The van der Waals surface area contributed by atoms with Crippen molar-refractivity contribution in [1.82, 2.24) is 9.80 Å². The Balaban J connectivity index is 0.000000180. The molecule has 0 N–H and O–H groups in total. The summed E-state index contributed by atoms with van der Waals surface area (Å²) in [4.78, 5) is 25.3. The molecule has 2 rings (SSSR count). The third kappa shape index (κ3) is 4.35. The van der Waals surface area contributed by atoms with Gasteiger partial charge in [0.1, 0.15) is 0 Å². The first-order chi connectivity index (χ1) is 8.69. The average Bonchev–Trinajstić information content (AvgIpc) is 3.09. The van der Waals surface area contributed by atoms with Gasteiger partial charge in [0.15, 0.2) is 0 Å². The first-order valence-corrected chi connectivity index (χ1v) is 6.51. The highest BCUT2D eigenvalue weighted by Gasteiger charge is 2.14. The summed E-state index contributed by atoms with van der Waals surface area (Å²) < 4.78 is 0. The SMILES string of the molecule is C=CC(=O)N1CCCC1.C=CC(=O)N1CCCC1. The van der Waals surface area contributed by atoms with E-state index in [2.05, 4.69) is 13.2 Å². The van der Waals surface area contributed by atoms with Crippen LogP contribution in [0, 0.1) is 0 Å². The number of likely N-dealkylation sites (tertiary alicyclic amines) is 2. The molecule has 0 bridgehead atoms. The Morgan fingerprint density at radius 2 is 1.00 bits per heavy atom. The van der Waals surface area contributed by atoms with Gasteiger partial charge in [-0.2, -0.15) is 0 Å². The Morgan fingerprint density at radius 1 is 0.722 bits per heavy atom. The van der Waals surface area contributed by atoms with E-state index >= 15 is 0 Å². The van der Waals surface area contributed by atoms with Gasteiger partial charge in [0.25, 0.3) is 0 Å². The molecule has 2 fully saturated rings. The van der Waals surface area contributed by atoms with Crippen LogP contribution in [0.4, 0.5) is 0 Å². The van der Waals surface area contributed by atoms with E-state index in [0.29, 0.717) is 0 Å². The lowest BCUT2D eigenvalue weighted by molar-refractivity contribution is -0.125. The molecule has 4 nitrogen and oxygen atoms in total. The minimum atomic E-state index is 0.0764. The van der Waals surface area contributed by atoms with Crippen molar-refractivity contribution in [3.63, 3.8) is 0 Å². The number of nitrogens with zero attached hydrogens (tertiary/aromatic N) is 2. The van der Waals surface area contributed by atoms with Crippen molar-refractivity contribution >= 4 is 11.8 Å². The molecule has 2 amide bonds. The van der Waals surface area contributed by atoms with Gasteiger partial charge in [-0.1, -0.05) is 13.2 Å². The van der Waals surface area contributed by atoms with Crippen LogP contribution in [0.5, 0.6) is 0 Å². The summed E-state index contributed by atoms with van der Waals surface area (Å²) in [5.41, 5.74) is 0. The van der Waals surface area contributed by atoms with Crippen LogP contribution in [0.1, 0.15) is 25.7 Å². The maximum absolute atomic E-state index is 10.8. The zero-order valence-corrected chi connectivity index (χ0v) is 10.9. The normalized spacial score (nSPS) is 18.0. The maximum atomic E-state index is 10.8. The maximum Gasteiger partial charge on any atom is 0.245 e. The minimum absolute atomic E-state index is 0.0764. The molecule has 0 aromatic carbocycles. The first-order valence-electron chi connectivity index (χ1n) is 6.51. The van der Waals surface area contributed by atoms with Crippen molar-refractivity contribution in [2.45, 2.75) is 25.7 Å². The molecular formula is C14H22N2O2. The van der Waals surface area contributed by atoms with Crippen LogP contribution in [0.3, 0.4) is 0 Å². The Hall–Kier alpha value is -1.58. The summed E-state index contributed by atoms with van der Waals surface area (Å²) in [6, 6.07) is 0. The number of hydrogen-bond acceptors (Lipinski definition) is 2. The highest BCUT2D eigenvalue weighted by Crippen LogP contribution is 2.07. The third-order valence-electron chi connectivity index (χ3n) is 3.18. The third-order valence-corrected chi connectivity index (χ3v) is 3.18. The van der Waals surface area contributed by atoms with Gasteiger partial charge >= 0.3 is 0 Å². The molecule has 2 heterocycles. The van der Waals surface area contributed by atoms with Crippen LogP contribution in [-0.4, -0.2) is 47.8 Å². The van der Waals surface area contributed by atoms with Gasteiger partial charge in [0, 0.05) is 26.2 Å². The number of carbonyl (C=O) groups is 2.